The molecule has 7 nitrogen and oxygen atoms in total. The summed E-state index contributed by atoms with van der Waals surface area (Å²) in [5, 5.41) is 6.26. The monoisotopic (exact) mass is 405 g/mol. The fourth-order valence-electron chi connectivity index (χ4n) is 3.28. The van der Waals surface area contributed by atoms with Crippen molar-refractivity contribution < 1.29 is 9.53 Å². The minimum Gasteiger partial charge on any atom is -0.495 e. The number of amides is 1. The first-order valence-electron chi connectivity index (χ1n) is 9.96. The summed E-state index contributed by atoms with van der Waals surface area (Å²) in [5.74, 6) is 1.11. The fourth-order valence-corrected chi connectivity index (χ4v) is 3.28. The van der Waals surface area contributed by atoms with E-state index in [1.54, 1.807) is 25.6 Å². The highest BCUT2D eigenvalue weighted by Gasteiger charge is 2.14. The smallest absolute Gasteiger partial charge is 0.221 e. The Morgan fingerprint density at radius 3 is 2.63 bits per heavy atom. The molecule has 0 aliphatic carbocycles. The van der Waals surface area contributed by atoms with Gasteiger partial charge in [-0.3, -0.25) is 14.8 Å². The van der Waals surface area contributed by atoms with Gasteiger partial charge >= 0.3 is 0 Å². The summed E-state index contributed by atoms with van der Waals surface area (Å²) < 4.78 is 5.42. The molecule has 0 spiro atoms. The maximum atomic E-state index is 11.4. The van der Waals surface area contributed by atoms with Gasteiger partial charge in [-0.15, -0.1) is 0 Å². The molecule has 0 radical (unpaired) electrons. The molecule has 1 atom stereocenters. The first kappa shape index (κ1) is 21.2. The molecule has 1 amide bonds. The quantitative estimate of drug-likeness (QED) is 0.561. The third-order valence-electron chi connectivity index (χ3n) is 4.64. The van der Waals surface area contributed by atoms with Crippen molar-refractivity contribution in [2.24, 2.45) is 0 Å². The van der Waals surface area contributed by atoms with Gasteiger partial charge < -0.3 is 15.4 Å². The van der Waals surface area contributed by atoms with Crippen LogP contribution in [0.1, 0.15) is 43.9 Å². The summed E-state index contributed by atoms with van der Waals surface area (Å²) in [6.07, 6.45) is 9.16. The highest BCUT2D eigenvalue weighted by Crippen LogP contribution is 2.31. The second kappa shape index (κ2) is 9.82. The minimum atomic E-state index is -0.153. The molecule has 0 saturated heterocycles. The van der Waals surface area contributed by atoms with E-state index in [9.17, 15) is 4.79 Å². The number of pyridine rings is 1. The first-order valence-corrected chi connectivity index (χ1v) is 9.96. The summed E-state index contributed by atoms with van der Waals surface area (Å²) in [7, 11) is 1.57. The van der Waals surface area contributed by atoms with Crippen LogP contribution in [-0.4, -0.2) is 28.0 Å². The van der Waals surface area contributed by atoms with Crippen LogP contribution < -0.4 is 15.4 Å². The number of hydrogen-bond acceptors (Lipinski definition) is 6. The van der Waals surface area contributed by atoms with Gasteiger partial charge in [-0.1, -0.05) is 25.5 Å². The lowest BCUT2D eigenvalue weighted by Gasteiger charge is -2.19. The summed E-state index contributed by atoms with van der Waals surface area (Å²) in [5.41, 5.74) is 4.43. The number of nitrogens with zero attached hydrogens (tertiary/aromatic N) is 3. The van der Waals surface area contributed by atoms with Crippen molar-refractivity contribution in [3.8, 4) is 17.0 Å². The van der Waals surface area contributed by atoms with E-state index in [0.717, 1.165) is 29.5 Å². The zero-order valence-electron chi connectivity index (χ0n) is 17.8. The molecule has 2 heterocycles. The predicted molar refractivity (Wildman–Crippen MR) is 119 cm³/mol. The van der Waals surface area contributed by atoms with Crippen LogP contribution in [0.5, 0.6) is 5.75 Å². The van der Waals surface area contributed by atoms with Gasteiger partial charge in [0.25, 0.3) is 0 Å². The summed E-state index contributed by atoms with van der Waals surface area (Å²) in [6.45, 7) is 5.66. The van der Waals surface area contributed by atoms with Crippen LogP contribution in [0.25, 0.3) is 11.3 Å². The third-order valence-corrected chi connectivity index (χ3v) is 4.64. The predicted octanol–water partition coefficient (Wildman–Crippen LogP) is 4.77. The number of hydrogen-bond donors (Lipinski definition) is 2. The van der Waals surface area contributed by atoms with Gasteiger partial charge in [0.2, 0.25) is 5.91 Å². The van der Waals surface area contributed by atoms with E-state index in [2.05, 4.69) is 33.6 Å². The van der Waals surface area contributed by atoms with Crippen LogP contribution in [0, 0.1) is 6.92 Å². The molecule has 3 aromatic rings. The van der Waals surface area contributed by atoms with E-state index >= 15 is 0 Å². The molecular weight excluding hydrogens is 378 g/mol. The Kier molecular flexibility index (Phi) is 6.95. The van der Waals surface area contributed by atoms with Crippen LogP contribution in [0.4, 0.5) is 11.5 Å². The van der Waals surface area contributed by atoms with Gasteiger partial charge in [-0.2, -0.15) is 0 Å². The molecule has 30 heavy (non-hydrogen) atoms. The van der Waals surface area contributed by atoms with E-state index < -0.39 is 0 Å². The average Bonchev–Trinajstić information content (AvgIpc) is 2.73. The van der Waals surface area contributed by atoms with E-state index in [-0.39, 0.29) is 11.9 Å². The van der Waals surface area contributed by atoms with Crippen molar-refractivity contribution in [1.29, 1.82) is 0 Å². The van der Waals surface area contributed by atoms with E-state index in [4.69, 9.17) is 9.72 Å². The molecule has 0 bridgehead atoms. The van der Waals surface area contributed by atoms with Crippen molar-refractivity contribution in [2.75, 3.05) is 17.7 Å². The lowest BCUT2D eigenvalue weighted by Crippen LogP contribution is -2.12. The Morgan fingerprint density at radius 2 is 1.93 bits per heavy atom. The van der Waals surface area contributed by atoms with Crippen molar-refractivity contribution in [3.05, 3.63) is 60.2 Å². The fraction of sp³-hybridized carbons (Fsp3) is 0.304. The first-order chi connectivity index (χ1) is 14.5. The lowest BCUT2D eigenvalue weighted by molar-refractivity contribution is -0.114. The molecular formula is C23H27N5O2. The molecule has 1 unspecified atom stereocenters. The van der Waals surface area contributed by atoms with Crippen molar-refractivity contribution in [2.45, 2.75) is 39.7 Å². The second-order valence-electron chi connectivity index (χ2n) is 7.17. The van der Waals surface area contributed by atoms with E-state index in [0.29, 0.717) is 22.9 Å². The van der Waals surface area contributed by atoms with Crippen molar-refractivity contribution in [1.82, 2.24) is 15.0 Å². The number of ether oxygens (including phenoxy) is 1. The number of methoxy groups -OCH3 is 1. The van der Waals surface area contributed by atoms with Crippen LogP contribution in [-0.2, 0) is 4.79 Å². The number of benzene rings is 1. The molecule has 3 rings (SSSR count). The zero-order chi connectivity index (χ0) is 21.5. The van der Waals surface area contributed by atoms with Crippen LogP contribution in [0.3, 0.4) is 0 Å². The van der Waals surface area contributed by atoms with Crippen molar-refractivity contribution >= 4 is 17.4 Å². The number of aromatic nitrogens is 3. The minimum absolute atomic E-state index is 0.101. The third kappa shape index (κ3) is 5.31. The van der Waals surface area contributed by atoms with E-state index in [1.165, 1.54) is 6.92 Å². The molecule has 0 fully saturated rings. The SMILES string of the molecule is CCCC(Nc1cncc(-c2ccc(NC(C)=O)c(OC)c2)n1)c1cncc(C)c1. The maximum absolute atomic E-state index is 11.4. The van der Waals surface area contributed by atoms with Gasteiger partial charge in [0.1, 0.15) is 11.6 Å². The summed E-state index contributed by atoms with van der Waals surface area (Å²) >= 11 is 0. The van der Waals surface area contributed by atoms with Crippen molar-refractivity contribution in [3.63, 3.8) is 0 Å². The topological polar surface area (TPSA) is 89.0 Å². The normalized spacial score (nSPS) is 11.6. The summed E-state index contributed by atoms with van der Waals surface area (Å²) in [4.78, 5) is 24.8. The number of nitrogens with one attached hydrogen (secondary N) is 2. The Balaban J connectivity index is 1.87. The average molecular weight is 406 g/mol. The standard InChI is InChI=1S/C23H27N5O2/c1-5-6-19(18-9-15(2)11-24-12-18)27-23-14-25-13-21(28-23)17-7-8-20(26-16(3)29)22(10-17)30-4/h7-14,19H,5-6H2,1-4H3,(H,26,29)(H,27,28). The molecule has 0 aliphatic heterocycles. The number of carbonyl (C=O) groups excluding carboxylic acids is 1. The van der Waals surface area contributed by atoms with E-state index in [1.807, 2.05) is 31.5 Å². The Bertz CT molecular complexity index is 1020. The highest BCUT2D eigenvalue weighted by molar-refractivity contribution is 5.91. The lowest BCUT2D eigenvalue weighted by atomic mass is 10.0. The highest BCUT2D eigenvalue weighted by atomic mass is 16.5. The number of anilines is 2. The van der Waals surface area contributed by atoms with Gasteiger partial charge in [-0.05, 0) is 36.6 Å². The Labute approximate surface area is 176 Å². The number of aryl methyl sites for hydroxylation is 1. The number of rotatable bonds is 8. The molecule has 2 N–H and O–H groups in total. The largest absolute Gasteiger partial charge is 0.495 e. The molecule has 1 aromatic carbocycles. The molecule has 156 valence electrons. The number of carbonyl (C=O) groups is 1. The molecule has 7 heteroatoms. The van der Waals surface area contributed by atoms with Gasteiger partial charge in [0, 0.05) is 24.9 Å². The van der Waals surface area contributed by atoms with Crippen LogP contribution >= 0.6 is 0 Å². The van der Waals surface area contributed by atoms with Crippen LogP contribution in [0.15, 0.2) is 49.1 Å². The van der Waals surface area contributed by atoms with Gasteiger partial charge in [-0.25, -0.2) is 4.98 Å². The Morgan fingerprint density at radius 1 is 1.13 bits per heavy atom. The second-order valence-corrected chi connectivity index (χ2v) is 7.17. The maximum Gasteiger partial charge on any atom is 0.221 e. The zero-order valence-corrected chi connectivity index (χ0v) is 17.8. The molecule has 2 aromatic heterocycles. The summed E-state index contributed by atoms with van der Waals surface area (Å²) in [6, 6.07) is 7.77. The van der Waals surface area contributed by atoms with Gasteiger partial charge in [0.05, 0.1) is 36.9 Å². The molecule has 0 saturated carbocycles. The van der Waals surface area contributed by atoms with Gasteiger partial charge in [0.15, 0.2) is 0 Å². The molecule has 0 aliphatic rings. The Hall–Kier alpha value is -3.48. The van der Waals surface area contributed by atoms with Crippen LogP contribution in [0.2, 0.25) is 0 Å².